The van der Waals surface area contributed by atoms with Gasteiger partial charge in [0.05, 0.1) is 6.04 Å². The summed E-state index contributed by atoms with van der Waals surface area (Å²) in [6.07, 6.45) is 2.25. The Hall–Kier alpha value is -2.31. The molecule has 1 heterocycles. The first-order chi connectivity index (χ1) is 12.6. The van der Waals surface area contributed by atoms with Crippen molar-refractivity contribution in [2.75, 3.05) is 13.7 Å². The van der Waals surface area contributed by atoms with Crippen LogP contribution in [0.25, 0.3) is 0 Å². The maximum absolute atomic E-state index is 12.3. The molecule has 2 aromatic rings. The second-order valence-corrected chi connectivity index (χ2v) is 6.71. The summed E-state index contributed by atoms with van der Waals surface area (Å²) in [5, 5.41) is 6.43. The Labute approximate surface area is 156 Å². The number of halogens is 1. The molecule has 1 aliphatic carbocycles. The predicted octanol–water partition coefficient (Wildman–Crippen LogP) is 3.09. The topological polar surface area (TPSA) is 83.2 Å². The van der Waals surface area contributed by atoms with Gasteiger partial charge in [0, 0.05) is 36.0 Å². The summed E-state index contributed by atoms with van der Waals surface area (Å²) in [4.78, 5) is 26.7. The maximum atomic E-state index is 12.3. The molecular formula is C19H22ClN3O3. The van der Waals surface area contributed by atoms with Crippen molar-refractivity contribution >= 4 is 17.6 Å². The van der Waals surface area contributed by atoms with Crippen molar-refractivity contribution in [3.8, 4) is 0 Å². The van der Waals surface area contributed by atoms with E-state index < -0.39 is 0 Å². The third-order valence-electron chi connectivity index (χ3n) is 4.62. The standard InChI is InChI=1S/C19H22ClN3O3/c1-26-17(12-5-2-3-6-14(12)20)11-21-19(25)23-16-8-4-7-15-13(16)9-10-18(24)22-15/h2-3,5-6,9-10,16-17H,4,7-8,11H2,1H3,(H,22,24)(H2,21,23,25). The highest BCUT2D eigenvalue weighted by atomic mass is 35.5. The zero-order valence-electron chi connectivity index (χ0n) is 14.5. The third-order valence-corrected chi connectivity index (χ3v) is 4.97. The lowest BCUT2D eigenvalue weighted by atomic mass is 9.91. The average Bonchev–Trinajstić information content (AvgIpc) is 2.63. The van der Waals surface area contributed by atoms with E-state index in [2.05, 4.69) is 15.6 Å². The van der Waals surface area contributed by atoms with Gasteiger partial charge >= 0.3 is 6.03 Å². The highest BCUT2D eigenvalue weighted by Gasteiger charge is 2.23. The Kier molecular flexibility index (Phi) is 5.96. The number of carbonyl (C=O) groups excluding carboxylic acids is 1. The number of H-pyrrole nitrogens is 1. The summed E-state index contributed by atoms with van der Waals surface area (Å²) in [5.74, 6) is 0. The number of urea groups is 1. The number of rotatable bonds is 5. The van der Waals surface area contributed by atoms with Gasteiger partial charge in [0.1, 0.15) is 6.10 Å². The van der Waals surface area contributed by atoms with Crippen molar-refractivity contribution in [3.05, 3.63) is 68.6 Å². The normalized spacial score (nSPS) is 17.2. The number of aromatic amines is 1. The van der Waals surface area contributed by atoms with Gasteiger partial charge in [-0.1, -0.05) is 29.8 Å². The SMILES string of the molecule is COC(CNC(=O)NC1CCCc2[nH]c(=O)ccc21)c1ccccc1Cl. The van der Waals surface area contributed by atoms with Gasteiger partial charge in [-0.3, -0.25) is 4.79 Å². The maximum Gasteiger partial charge on any atom is 0.315 e. The molecule has 2 atom stereocenters. The molecule has 1 aromatic carbocycles. The van der Waals surface area contributed by atoms with E-state index >= 15 is 0 Å². The van der Waals surface area contributed by atoms with E-state index in [1.807, 2.05) is 18.2 Å². The molecule has 2 amide bonds. The Balaban J connectivity index is 1.61. The van der Waals surface area contributed by atoms with E-state index in [1.165, 1.54) is 6.07 Å². The number of aromatic nitrogens is 1. The molecule has 0 fully saturated rings. The van der Waals surface area contributed by atoms with Crippen LogP contribution in [0.3, 0.4) is 0 Å². The fourth-order valence-corrected chi connectivity index (χ4v) is 3.56. The van der Waals surface area contributed by atoms with Crippen molar-refractivity contribution in [1.82, 2.24) is 15.6 Å². The highest BCUT2D eigenvalue weighted by molar-refractivity contribution is 6.31. The van der Waals surface area contributed by atoms with Crippen molar-refractivity contribution in [3.63, 3.8) is 0 Å². The third kappa shape index (κ3) is 4.26. The molecule has 138 valence electrons. The number of benzene rings is 1. The van der Waals surface area contributed by atoms with Gasteiger partial charge in [0.2, 0.25) is 5.56 Å². The summed E-state index contributed by atoms with van der Waals surface area (Å²) in [5.41, 5.74) is 2.59. The molecule has 0 saturated carbocycles. The summed E-state index contributed by atoms with van der Waals surface area (Å²) < 4.78 is 5.46. The number of hydrogen-bond donors (Lipinski definition) is 3. The van der Waals surface area contributed by atoms with Gasteiger partial charge in [-0.05, 0) is 37.0 Å². The Morgan fingerprint density at radius 3 is 2.92 bits per heavy atom. The van der Waals surface area contributed by atoms with Gasteiger partial charge in [-0.15, -0.1) is 0 Å². The minimum atomic E-state index is -0.329. The molecule has 0 radical (unpaired) electrons. The average molecular weight is 376 g/mol. The smallest absolute Gasteiger partial charge is 0.315 e. The minimum absolute atomic E-state index is 0.114. The van der Waals surface area contributed by atoms with Crippen LogP contribution in [0.2, 0.25) is 5.02 Å². The fraction of sp³-hybridized carbons (Fsp3) is 0.368. The van der Waals surface area contributed by atoms with E-state index in [1.54, 1.807) is 19.2 Å². The second-order valence-electron chi connectivity index (χ2n) is 6.30. The number of fused-ring (bicyclic) bond motifs is 1. The number of amides is 2. The van der Waals surface area contributed by atoms with Gasteiger partial charge in [0.25, 0.3) is 0 Å². The molecular weight excluding hydrogens is 354 g/mol. The molecule has 0 spiro atoms. The highest BCUT2D eigenvalue weighted by Crippen LogP contribution is 2.27. The number of methoxy groups -OCH3 is 1. The molecule has 0 bridgehead atoms. The molecule has 3 N–H and O–H groups in total. The number of hydrogen-bond acceptors (Lipinski definition) is 3. The molecule has 6 nitrogen and oxygen atoms in total. The van der Waals surface area contributed by atoms with Crippen LogP contribution in [-0.4, -0.2) is 24.7 Å². The molecule has 26 heavy (non-hydrogen) atoms. The zero-order chi connectivity index (χ0) is 18.5. The number of nitrogens with one attached hydrogen (secondary N) is 3. The van der Waals surface area contributed by atoms with Crippen LogP contribution >= 0.6 is 11.6 Å². The fourth-order valence-electron chi connectivity index (χ4n) is 3.30. The monoisotopic (exact) mass is 375 g/mol. The van der Waals surface area contributed by atoms with Crippen LogP contribution in [0.4, 0.5) is 4.79 Å². The molecule has 0 aliphatic heterocycles. The van der Waals surface area contributed by atoms with E-state index in [4.69, 9.17) is 16.3 Å². The summed E-state index contributed by atoms with van der Waals surface area (Å²) >= 11 is 6.20. The lowest BCUT2D eigenvalue weighted by Gasteiger charge is -2.26. The lowest BCUT2D eigenvalue weighted by molar-refractivity contribution is 0.104. The molecule has 1 aromatic heterocycles. The van der Waals surface area contributed by atoms with Gasteiger partial charge in [-0.2, -0.15) is 0 Å². The summed E-state index contributed by atoms with van der Waals surface area (Å²) in [7, 11) is 1.58. The summed E-state index contributed by atoms with van der Waals surface area (Å²) in [6, 6.07) is 10.3. The molecule has 2 unspecified atom stereocenters. The number of ether oxygens (including phenoxy) is 1. The molecule has 1 aliphatic rings. The Morgan fingerprint density at radius 1 is 1.35 bits per heavy atom. The first-order valence-electron chi connectivity index (χ1n) is 8.62. The number of pyridine rings is 1. The van der Waals surface area contributed by atoms with E-state index in [-0.39, 0.29) is 23.7 Å². The van der Waals surface area contributed by atoms with E-state index in [9.17, 15) is 9.59 Å². The van der Waals surface area contributed by atoms with Gasteiger partial charge in [0.15, 0.2) is 0 Å². The summed E-state index contributed by atoms with van der Waals surface area (Å²) in [6.45, 7) is 0.303. The predicted molar refractivity (Wildman–Crippen MR) is 100 cm³/mol. The second kappa shape index (κ2) is 8.38. The Morgan fingerprint density at radius 2 is 2.15 bits per heavy atom. The van der Waals surface area contributed by atoms with Crippen LogP contribution in [-0.2, 0) is 11.2 Å². The van der Waals surface area contributed by atoms with Crippen LogP contribution in [0.15, 0.2) is 41.2 Å². The van der Waals surface area contributed by atoms with Crippen LogP contribution in [0.5, 0.6) is 0 Å². The molecule has 7 heteroatoms. The van der Waals surface area contributed by atoms with Gasteiger partial charge < -0.3 is 20.4 Å². The van der Waals surface area contributed by atoms with Crippen molar-refractivity contribution < 1.29 is 9.53 Å². The van der Waals surface area contributed by atoms with Crippen molar-refractivity contribution in [2.24, 2.45) is 0 Å². The van der Waals surface area contributed by atoms with Crippen molar-refractivity contribution in [1.29, 1.82) is 0 Å². The molecule has 0 saturated heterocycles. The first kappa shape index (κ1) is 18.5. The van der Waals surface area contributed by atoms with E-state index in [0.717, 1.165) is 36.1 Å². The largest absolute Gasteiger partial charge is 0.375 e. The van der Waals surface area contributed by atoms with Crippen molar-refractivity contribution in [2.45, 2.75) is 31.4 Å². The number of aryl methyl sites for hydroxylation is 1. The minimum Gasteiger partial charge on any atom is -0.375 e. The van der Waals surface area contributed by atoms with E-state index in [0.29, 0.717) is 11.6 Å². The number of carbonyl (C=O) groups is 1. The first-order valence-corrected chi connectivity index (χ1v) is 9.00. The molecule has 3 rings (SSSR count). The zero-order valence-corrected chi connectivity index (χ0v) is 15.3. The Bertz CT molecular complexity index is 837. The van der Waals surface area contributed by atoms with Gasteiger partial charge in [-0.25, -0.2) is 4.79 Å². The van der Waals surface area contributed by atoms with Crippen LogP contribution < -0.4 is 16.2 Å². The van der Waals surface area contributed by atoms with Crippen LogP contribution in [0, 0.1) is 0 Å². The quantitative estimate of drug-likeness (QED) is 0.750. The van der Waals surface area contributed by atoms with Crippen LogP contribution in [0.1, 0.15) is 41.8 Å². The lowest BCUT2D eigenvalue weighted by Crippen LogP contribution is -2.41.